The number of carbonyl (C=O) groups is 2. The quantitative estimate of drug-likeness (QED) is 0.559. The van der Waals surface area contributed by atoms with Gasteiger partial charge in [0.1, 0.15) is 17.0 Å². The summed E-state index contributed by atoms with van der Waals surface area (Å²) in [6.45, 7) is 3.27. The van der Waals surface area contributed by atoms with Gasteiger partial charge >= 0.3 is 0 Å². The number of rotatable bonds is 8. The van der Waals surface area contributed by atoms with Gasteiger partial charge < -0.3 is 15.0 Å². The molecule has 204 valence electrons. The highest BCUT2D eigenvalue weighted by molar-refractivity contribution is 7.85. The third-order valence-electron chi connectivity index (χ3n) is 8.37. The van der Waals surface area contributed by atoms with E-state index in [-0.39, 0.29) is 29.9 Å². The molecule has 9 heteroatoms. The lowest BCUT2D eigenvalue weighted by Gasteiger charge is -2.41. The third kappa shape index (κ3) is 5.51. The fourth-order valence-electron chi connectivity index (χ4n) is 6.17. The molecule has 3 atom stereocenters. The van der Waals surface area contributed by atoms with Crippen LogP contribution in [-0.4, -0.2) is 84.0 Å². The maximum atomic E-state index is 13.8. The molecule has 2 fully saturated rings. The van der Waals surface area contributed by atoms with E-state index in [1.54, 1.807) is 6.26 Å². The predicted octanol–water partition coefficient (Wildman–Crippen LogP) is 2.46. The van der Waals surface area contributed by atoms with Crippen molar-refractivity contribution in [2.75, 3.05) is 50.4 Å². The summed E-state index contributed by atoms with van der Waals surface area (Å²) >= 11 is 0. The second kappa shape index (κ2) is 11.6. The van der Waals surface area contributed by atoms with Gasteiger partial charge in [-0.15, -0.1) is 0 Å². The van der Waals surface area contributed by atoms with Crippen molar-refractivity contribution < 1.29 is 18.5 Å². The molecule has 3 heterocycles. The summed E-state index contributed by atoms with van der Waals surface area (Å²) in [5.74, 6) is -0.199. The van der Waals surface area contributed by atoms with Crippen LogP contribution in [0.25, 0.3) is 0 Å². The van der Waals surface area contributed by atoms with Crippen LogP contribution in [0.2, 0.25) is 0 Å². The minimum Gasteiger partial charge on any atom is -0.374 e. The molecule has 0 aromatic heterocycles. The van der Waals surface area contributed by atoms with Crippen LogP contribution in [0.3, 0.4) is 0 Å². The lowest BCUT2D eigenvalue weighted by molar-refractivity contribution is -0.140. The first kappa shape index (κ1) is 26.8. The van der Waals surface area contributed by atoms with Crippen LogP contribution in [0.5, 0.6) is 0 Å². The summed E-state index contributed by atoms with van der Waals surface area (Å²) in [6.07, 6.45) is 5.08. The largest absolute Gasteiger partial charge is 0.374 e. The van der Waals surface area contributed by atoms with E-state index >= 15 is 0 Å². The molecule has 5 rings (SSSR count). The first-order chi connectivity index (χ1) is 18.4. The van der Waals surface area contributed by atoms with Gasteiger partial charge in [-0.1, -0.05) is 48.5 Å². The Labute approximate surface area is 227 Å². The van der Waals surface area contributed by atoms with Gasteiger partial charge in [-0.25, -0.2) is 4.21 Å². The van der Waals surface area contributed by atoms with Crippen molar-refractivity contribution >= 4 is 28.5 Å². The zero-order valence-corrected chi connectivity index (χ0v) is 23.1. The standard InChI is InChI=1S/C29H38N4O4S/c1-31-16-8-13-26(31)27(34)30-24(20-37-19-22-9-4-3-5-10-22)28(35)32-17-14-29(15-18-32)21-33(38(2)36)25-12-7-6-11-23(25)29/h3-7,9-12,24,26H,8,13-21H2,1-2H3,(H,30,34)/t24-,26-,38?/m1/s1. The number of piperidine rings is 1. The number of likely N-dealkylation sites (tertiary alicyclic amines) is 2. The van der Waals surface area contributed by atoms with Gasteiger partial charge in [0.05, 0.1) is 24.9 Å². The number of likely N-dealkylation sites (N-methyl/N-ethyl adjacent to an activating group) is 1. The molecule has 2 amide bonds. The van der Waals surface area contributed by atoms with Gasteiger partial charge in [0.15, 0.2) is 0 Å². The highest BCUT2D eigenvalue weighted by atomic mass is 32.2. The fourth-order valence-corrected chi connectivity index (χ4v) is 7.04. The molecule has 1 spiro atoms. The van der Waals surface area contributed by atoms with Gasteiger partial charge in [0.2, 0.25) is 11.8 Å². The average molecular weight is 539 g/mol. The summed E-state index contributed by atoms with van der Waals surface area (Å²) in [6, 6.07) is 17.1. The van der Waals surface area contributed by atoms with E-state index in [0.717, 1.165) is 43.5 Å². The molecular weight excluding hydrogens is 500 g/mol. The van der Waals surface area contributed by atoms with E-state index in [0.29, 0.717) is 26.2 Å². The predicted molar refractivity (Wildman–Crippen MR) is 149 cm³/mol. The van der Waals surface area contributed by atoms with E-state index in [4.69, 9.17) is 4.74 Å². The number of carbonyl (C=O) groups excluding carboxylic acids is 2. The topological polar surface area (TPSA) is 82.2 Å². The monoisotopic (exact) mass is 538 g/mol. The number of nitrogens with zero attached hydrogens (tertiary/aromatic N) is 3. The van der Waals surface area contributed by atoms with Crippen molar-refractivity contribution in [2.24, 2.45) is 0 Å². The average Bonchev–Trinajstić information content (AvgIpc) is 3.50. The zero-order valence-electron chi connectivity index (χ0n) is 22.3. The molecule has 3 aliphatic heterocycles. The highest BCUT2D eigenvalue weighted by Gasteiger charge is 2.46. The minimum absolute atomic E-state index is 0.0934. The Bertz CT molecular complexity index is 1170. The summed E-state index contributed by atoms with van der Waals surface area (Å²) in [4.78, 5) is 30.8. The molecule has 3 aliphatic rings. The van der Waals surface area contributed by atoms with Crippen molar-refractivity contribution in [1.29, 1.82) is 0 Å². The zero-order chi connectivity index (χ0) is 26.7. The van der Waals surface area contributed by atoms with Crippen molar-refractivity contribution in [3.63, 3.8) is 0 Å². The lowest BCUT2D eigenvalue weighted by Crippen LogP contribution is -2.57. The van der Waals surface area contributed by atoms with E-state index in [1.165, 1.54) is 5.56 Å². The molecule has 0 bridgehead atoms. The number of ether oxygens (including phenoxy) is 1. The first-order valence-corrected chi connectivity index (χ1v) is 15.0. The molecular formula is C29H38N4O4S. The number of amides is 2. The SMILES string of the molecule is CN1CCC[C@@H]1C(=O)N[C@H](COCc1ccccc1)C(=O)N1CCC2(CC1)CN(S(C)=O)c1ccccc12. The normalized spacial score (nSPS) is 22.3. The maximum Gasteiger partial charge on any atom is 0.247 e. The second-order valence-electron chi connectivity index (χ2n) is 10.8. The number of hydrogen-bond donors (Lipinski definition) is 1. The Hall–Kier alpha value is -2.75. The smallest absolute Gasteiger partial charge is 0.247 e. The minimum atomic E-state index is -1.10. The van der Waals surface area contributed by atoms with E-state index in [2.05, 4.69) is 11.4 Å². The summed E-state index contributed by atoms with van der Waals surface area (Å²) in [5, 5.41) is 3.03. The second-order valence-corrected chi connectivity index (χ2v) is 12.1. The molecule has 0 radical (unpaired) electrons. The molecule has 38 heavy (non-hydrogen) atoms. The molecule has 0 saturated carbocycles. The summed E-state index contributed by atoms with van der Waals surface area (Å²) in [7, 11) is 0.854. The van der Waals surface area contributed by atoms with Crippen molar-refractivity contribution in [2.45, 2.75) is 49.8 Å². The van der Waals surface area contributed by atoms with Crippen LogP contribution in [0.1, 0.15) is 36.8 Å². The Morgan fingerprint density at radius 1 is 1.08 bits per heavy atom. The van der Waals surface area contributed by atoms with Crippen LogP contribution in [0, 0.1) is 0 Å². The Morgan fingerprint density at radius 2 is 1.79 bits per heavy atom. The summed E-state index contributed by atoms with van der Waals surface area (Å²) < 4.78 is 20.4. The van der Waals surface area contributed by atoms with Crippen LogP contribution < -0.4 is 9.62 Å². The lowest BCUT2D eigenvalue weighted by atomic mass is 9.74. The number of hydrogen-bond acceptors (Lipinski definition) is 5. The molecule has 0 aliphatic carbocycles. The van der Waals surface area contributed by atoms with E-state index in [1.807, 2.05) is 69.7 Å². The highest BCUT2D eigenvalue weighted by Crippen LogP contribution is 2.47. The Morgan fingerprint density at radius 3 is 2.47 bits per heavy atom. The Balaban J connectivity index is 1.26. The molecule has 2 aromatic rings. The van der Waals surface area contributed by atoms with Gasteiger partial charge in [0, 0.05) is 31.3 Å². The van der Waals surface area contributed by atoms with Crippen LogP contribution in [0.4, 0.5) is 5.69 Å². The molecule has 1 N–H and O–H groups in total. The van der Waals surface area contributed by atoms with Crippen molar-refractivity contribution in [3.8, 4) is 0 Å². The fraction of sp³-hybridized carbons (Fsp3) is 0.517. The number of anilines is 1. The van der Waals surface area contributed by atoms with Crippen LogP contribution >= 0.6 is 0 Å². The number of para-hydroxylation sites is 1. The number of fused-ring (bicyclic) bond motifs is 2. The molecule has 2 saturated heterocycles. The van der Waals surface area contributed by atoms with Gasteiger partial charge in [-0.3, -0.25) is 18.8 Å². The van der Waals surface area contributed by atoms with Crippen LogP contribution in [0.15, 0.2) is 54.6 Å². The van der Waals surface area contributed by atoms with Gasteiger partial charge in [-0.05, 0) is 56.5 Å². The van der Waals surface area contributed by atoms with Crippen LogP contribution in [-0.2, 0) is 37.3 Å². The first-order valence-electron chi connectivity index (χ1n) is 13.5. The summed E-state index contributed by atoms with van der Waals surface area (Å²) in [5.41, 5.74) is 3.17. The maximum absolute atomic E-state index is 13.8. The van der Waals surface area contributed by atoms with E-state index < -0.39 is 17.0 Å². The third-order valence-corrected chi connectivity index (χ3v) is 9.31. The van der Waals surface area contributed by atoms with E-state index in [9.17, 15) is 13.8 Å². The molecule has 2 aromatic carbocycles. The molecule has 1 unspecified atom stereocenters. The van der Waals surface area contributed by atoms with Gasteiger partial charge in [-0.2, -0.15) is 0 Å². The number of benzene rings is 2. The Kier molecular flexibility index (Phi) is 8.16. The number of nitrogens with one attached hydrogen (secondary N) is 1. The van der Waals surface area contributed by atoms with Gasteiger partial charge in [0.25, 0.3) is 0 Å². The molecule has 8 nitrogen and oxygen atoms in total. The van der Waals surface area contributed by atoms with Crippen molar-refractivity contribution in [1.82, 2.24) is 15.1 Å². The van der Waals surface area contributed by atoms with Crippen molar-refractivity contribution in [3.05, 3.63) is 65.7 Å².